The second-order valence-corrected chi connectivity index (χ2v) is 10.3. The number of hydrogen-bond donors (Lipinski definition) is 0. The molecule has 0 unspecified atom stereocenters. The van der Waals surface area contributed by atoms with E-state index in [2.05, 4.69) is 59.0 Å². The van der Waals surface area contributed by atoms with E-state index in [9.17, 15) is 0 Å². The maximum Gasteiger partial charge on any atom is 0.132 e. The Labute approximate surface area is 181 Å². The van der Waals surface area contributed by atoms with Gasteiger partial charge in [-0.1, -0.05) is 12.1 Å². The highest BCUT2D eigenvalue weighted by Crippen LogP contribution is 2.60. The molecule has 6 rings (SSSR count). The summed E-state index contributed by atoms with van der Waals surface area (Å²) in [6.45, 7) is 2.71. The van der Waals surface area contributed by atoms with Crippen LogP contribution in [0.1, 0.15) is 56.6 Å². The van der Waals surface area contributed by atoms with Gasteiger partial charge in [-0.25, -0.2) is 0 Å². The first-order valence-corrected chi connectivity index (χ1v) is 11.8. The molecular formula is C25H28INO. The molecule has 0 saturated heterocycles. The van der Waals surface area contributed by atoms with Crippen LogP contribution in [-0.2, 0) is 5.41 Å². The van der Waals surface area contributed by atoms with Crippen molar-refractivity contribution < 1.29 is 4.74 Å². The number of nitrogens with zero attached hydrogens (tertiary/aromatic N) is 1. The second-order valence-electron chi connectivity index (χ2n) is 9.13. The third-order valence-electron chi connectivity index (χ3n) is 7.14. The van der Waals surface area contributed by atoms with Gasteiger partial charge in [0.15, 0.2) is 0 Å². The number of ether oxygens (including phenoxy) is 1. The Hall–Kier alpha value is -1.36. The number of rotatable bonds is 5. The monoisotopic (exact) mass is 485 g/mol. The Balaban J connectivity index is 1.32. The summed E-state index contributed by atoms with van der Waals surface area (Å²) in [4.78, 5) is 4.71. The third kappa shape index (κ3) is 3.51. The van der Waals surface area contributed by atoms with Crippen molar-refractivity contribution in [2.75, 3.05) is 6.61 Å². The van der Waals surface area contributed by atoms with Crippen molar-refractivity contribution in [3.8, 4) is 5.75 Å². The molecule has 4 aliphatic rings. The van der Waals surface area contributed by atoms with Crippen molar-refractivity contribution in [2.24, 2.45) is 22.7 Å². The topological polar surface area (TPSA) is 21.6 Å². The highest BCUT2D eigenvalue weighted by molar-refractivity contribution is 14.1. The van der Waals surface area contributed by atoms with Crippen molar-refractivity contribution in [2.45, 2.75) is 50.9 Å². The molecule has 4 aliphatic carbocycles. The van der Waals surface area contributed by atoms with Crippen LogP contribution in [0.4, 0.5) is 5.69 Å². The van der Waals surface area contributed by atoms with E-state index in [0.717, 1.165) is 38.3 Å². The van der Waals surface area contributed by atoms with E-state index in [1.807, 2.05) is 19.2 Å². The fourth-order valence-corrected chi connectivity index (χ4v) is 7.08. The molecule has 0 atom stereocenters. The Morgan fingerprint density at radius 2 is 1.64 bits per heavy atom. The van der Waals surface area contributed by atoms with Crippen molar-refractivity contribution >= 4 is 34.5 Å². The first-order chi connectivity index (χ1) is 13.6. The molecule has 146 valence electrons. The molecule has 4 bridgehead atoms. The summed E-state index contributed by atoms with van der Waals surface area (Å²) in [7, 11) is 0. The largest absolute Gasteiger partial charge is 0.493 e. The molecule has 0 spiro atoms. The predicted octanol–water partition coefficient (Wildman–Crippen LogP) is 6.91. The lowest BCUT2D eigenvalue weighted by Gasteiger charge is -2.57. The first kappa shape index (κ1) is 18.7. The molecule has 0 N–H and O–H groups in total. The van der Waals surface area contributed by atoms with Crippen LogP contribution in [0.2, 0.25) is 0 Å². The molecule has 0 aromatic heterocycles. The van der Waals surface area contributed by atoms with Crippen LogP contribution in [0.3, 0.4) is 0 Å². The van der Waals surface area contributed by atoms with E-state index in [1.165, 1.54) is 38.5 Å². The van der Waals surface area contributed by atoms with Gasteiger partial charge in [-0.05, 0) is 133 Å². The normalized spacial score (nSPS) is 30.9. The molecular weight excluding hydrogens is 457 g/mol. The third-order valence-corrected chi connectivity index (χ3v) is 7.98. The summed E-state index contributed by atoms with van der Waals surface area (Å²) < 4.78 is 6.74. The van der Waals surface area contributed by atoms with E-state index in [0.29, 0.717) is 12.0 Å². The van der Waals surface area contributed by atoms with Crippen molar-refractivity contribution in [3.05, 3.63) is 57.2 Å². The zero-order valence-corrected chi connectivity index (χ0v) is 18.7. The van der Waals surface area contributed by atoms with E-state index in [-0.39, 0.29) is 0 Å². The Kier molecular flexibility index (Phi) is 4.98. The number of aliphatic imine (C=N–C) groups is 1. The van der Waals surface area contributed by atoms with Gasteiger partial charge >= 0.3 is 0 Å². The average molecular weight is 485 g/mol. The maximum atomic E-state index is 5.62. The molecule has 2 nitrogen and oxygen atoms in total. The van der Waals surface area contributed by atoms with Gasteiger partial charge in [-0.3, -0.25) is 4.99 Å². The summed E-state index contributed by atoms with van der Waals surface area (Å²) in [6, 6.07) is 15.4. The van der Waals surface area contributed by atoms with Gasteiger partial charge < -0.3 is 4.74 Å². The second kappa shape index (κ2) is 7.47. The minimum Gasteiger partial charge on any atom is -0.493 e. The Bertz CT molecular complexity index is 851. The summed E-state index contributed by atoms with van der Waals surface area (Å²) in [6.07, 6.45) is 10.7. The van der Waals surface area contributed by atoms with Crippen LogP contribution in [0.5, 0.6) is 5.75 Å². The standard InChI is InChI=1S/C25H28INO/c1-2-28-24-8-3-17(12-23(24)26)16-27-22-6-4-21(5-7-22)25-13-18-9-19(14-25)11-20(10-18)15-25/h3-8,12,16,18-20H,2,9-11,13-15H2,1H3. The fraction of sp³-hybridized carbons (Fsp3) is 0.480. The van der Waals surface area contributed by atoms with E-state index < -0.39 is 0 Å². The summed E-state index contributed by atoms with van der Waals surface area (Å²) >= 11 is 2.32. The van der Waals surface area contributed by atoms with Crippen molar-refractivity contribution in [1.29, 1.82) is 0 Å². The zero-order valence-electron chi connectivity index (χ0n) is 16.5. The van der Waals surface area contributed by atoms with Crippen molar-refractivity contribution in [1.82, 2.24) is 0 Å². The van der Waals surface area contributed by atoms with Crippen LogP contribution in [0, 0.1) is 21.3 Å². The summed E-state index contributed by atoms with van der Waals surface area (Å²) in [5, 5.41) is 0. The first-order valence-electron chi connectivity index (χ1n) is 10.7. The molecule has 2 aromatic rings. The molecule has 4 fully saturated rings. The fourth-order valence-electron chi connectivity index (χ4n) is 6.38. The van der Waals surface area contributed by atoms with Crippen LogP contribution in [0.25, 0.3) is 0 Å². The molecule has 0 heterocycles. The highest BCUT2D eigenvalue weighted by Gasteiger charge is 2.51. The maximum absolute atomic E-state index is 5.62. The zero-order chi connectivity index (χ0) is 19.1. The van der Waals surface area contributed by atoms with Crippen molar-refractivity contribution in [3.63, 3.8) is 0 Å². The lowest BCUT2D eigenvalue weighted by atomic mass is 9.48. The molecule has 2 aromatic carbocycles. The van der Waals surface area contributed by atoms with Crippen LogP contribution in [-0.4, -0.2) is 12.8 Å². The SMILES string of the molecule is CCOc1ccc(C=Nc2ccc(C34CC5CC(CC(C5)C3)C4)cc2)cc1I. The average Bonchev–Trinajstić information content (AvgIpc) is 2.68. The predicted molar refractivity (Wildman–Crippen MR) is 124 cm³/mol. The quantitative estimate of drug-likeness (QED) is 0.333. The van der Waals surface area contributed by atoms with Gasteiger partial charge in [0.2, 0.25) is 0 Å². The molecule has 0 aliphatic heterocycles. The molecule has 4 saturated carbocycles. The number of benzene rings is 2. The summed E-state index contributed by atoms with van der Waals surface area (Å²) in [5.41, 5.74) is 4.19. The van der Waals surface area contributed by atoms with Gasteiger partial charge in [-0.15, -0.1) is 0 Å². The Morgan fingerprint density at radius 3 is 2.21 bits per heavy atom. The van der Waals surface area contributed by atoms with Crippen LogP contribution in [0.15, 0.2) is 47.5 Å². The molecule has 28 heavy (non-hydrogen) atoms. The number of hydrogen-bond acceptors (Lipinski definition) is 2. The van der Waals surface area contributed by atoms with E-state index in [1.54, 1.807) is 5.56 Å². The van der Waals surface area contributed by atoms with Gasteiger partial charge in [-0.2, -0.15) is 0 Å². The minimum atomic E-state index is 0.474. The van der Waals surface area contributed by atoms with Gasteiger partial charge in [0.05, 0.1) is 15.9 Å². The molecule has 0 radical (unpaired) electrons. The highest BCUT2D eigenvalue weighted by atomic mass is 127. The lowest BCUT2D eigenvalue weighted by molar-refractivity contribution is -0.00518. The van der Waals surface area contributed by atoms with E-state index in [4.69, 9.17) is 9.73 Å². The van der Waals surface area contributed by atoms with Crippen LogP contribution >= 0.6 is 22.6 Å². The van der Waals surface area contributed by atoms with Gasteiger partial charge in [0.25, 0.3) is 0 Å². The molecule has 3 heteroatoms. The number of halogens is 1. The summed E-state index contributed by atoms with van der Waals surface area (Å²) in [5.74, 6) is 3.92. The van der Waals surface area contributed by atoms with Crippen LogP contribution < -0.4 is 4.74 Å². The minimum absolute atomic E-state index is 0.474. The molecule has 0 amide bonds. The lowest BCUT2D eigenvalue weighted by Crippen LogP contribution is -2.48. The smallest absolute Gasteiger partial charge is 0.132 e. The van der Waals surface area contributed by atoms with Gasteiger partial charge in [0.1, 0.15) is 5.75 Å². The Morgan fingerprint density at radius 1 is 1.00 bits per heavy atom. The van der Waals surface area contributed by atoms with E-state index >= 15 is 0 Å². The van der Waals surface area contributed by atoms with Gasteiger partial charge in [0, 0.05) is 6.21 Å².